The maximum absolute atomic E-state index is 12.8. The van der Waals surface area contributed by atoms with Gasteiger partial charge < -0.3 is 0 Å². The monoisotopic (exact) mass is 254 g/mol. The molecular formula is C15H9FNS. The molecule has 0 aliphatic rings. The van der Waals surface area contributed by atoms with Gasteiger partial charge in [-0.25, -0.2) is 4.39 Å². The molecule has 0 saturated carbocycles. The summed E-state index contributed by atoms with van der Waals surface area (Å²) in [6.45, 7) is 0. The van der Waals surface area contributed by atoms with E-state index < -0.39 is 0 Å². The molecule has 0 spiro atoms. The normalized spacial score (nSPS) is 10.5. The van der Waals surface area contributed by atoms with Gasteiger partial charge in [0.15, 0.2) is 0 Å². The molecule has 87 valence electrons. The maximum atomic E-state index is 12.8. The van der Waals surface area contributed by atoms with Crippen molar-refractivity contribution >= 4 is 11.5 Å². The lowest BCUT2D eigenvalue weighted by atomic mass is 10.1. The predicted octanol–water partition coefficient (Wildman–Crippen LogP) is 4.42. The number of aromatic nitrogens is 1. The lowest BCUT2D eigenvalue weighted by molar-refractivity contribution is 0.628. The van der Waals surface area contributed by atoms with Crippen molar-refractivity contribution in [1.82, 2.24) is 4.37 Å². The third-order valence-corrected chi connectivity index (χ3v) is 3.41. The van der Waals surface area contributed by atoms with Crippen molar-refractivity contribution < 1.29 is 4.39 Å². The Labute approximate surface area is 109 Å². The highest BCUT2D eigenvalue weighted by Crippen LogP contribution is 2.28. The van der Waals surface area contributed by atoms with Crippen LogP contribution in [-0.4, -0.2) is 4.37 Å². The fourth-order valence-electron chi connectivity index (χ4n) is 1.69. The van der Waals surface area contributed by atoms with E-state index in [0.717, 1.165) is 21.7 Å². The molecule has 1 heterocycles. The molecule has 0 aliphatic carbocycles. The Hall–Kier alpha value is -2.00. The molecule has 1 radical (unpaired) electrons. The zero-order chi connectivity index (χ0) is 12.4. The Morgan fingerprint density at radius 2 is 1.61 bits per heavy atom. The zero-order valence-corrected chi connectivity index (χ0v) is 10.2. The van der Waals surface area contributed by atoms with Crippen LogP contribution in [-0.2, 0) is 0 Å². The SMILES string of the molecule is Fc1ccc(-c2[c]c(-c3ccccc3)sn2)cc1. The predicted molar refractivity (Wildman–Crippen MR) is 71.8 cm³/mol. The Balaban J connectivity index is 1.97. The molecule has 18 heavy (non-hydrogen) atoms. The smallest absolute Gasteiger partial charge is 0.123 e. The van der Waals surface area contributed by atoms with Gasteiger partial charge >= 0.3 is 0 Å². The van der Waals surface area contributed by atoms with Gasteiger partial charge in [0.25, 0.3) is 0 Å². The third kappa shape index (κ3) is 2.17. The van der Waals surface area contributed by atoms with E-state index in [9.17, 15) is 4.39 Å². The summed E-state index contributed by atoms with van der Waals surface area (Å²) in [6.07, 6.45) is 0. The van der Waals surface area contributed by atoms with Crippen LogP contribution in [0, 0.1) is 11.9 Å². The lowest BCUT2D eigenvalue weighted by Crippen LogP contribution is -1.77. The van der Waals surface area contributed by atoms with Crippen LogP contribution >= 0.6 is 11.5 Å². The minimum absolute atomic E-state index is 0.239. The molecule has 0 aliphatic heterocycles. The number of hydrogen-bond donors (Lipinski definition) is 0. The molecule has 0 saturated heterocycles. The fourth-order valence-corrected chi connectivity index (χ4v) is 2.41. The summed E-state index contributed by atoms with van der Waals surface area (Å²) in [7, 11) is 0. The van der Waals surface area contributed by atoms with Crippen molar-refractivity contribution in [3.8, 4) is 21.7 Å². The Bertz CT molecular complexity index is 644. The highest BCUT2D eigenvalue weighted by molar-refractivity contribution is 7.09. The van der Waals surface area contributed by atoms with Gasteiger partial charge in [-0.1, -0.05) is 30.3 Å². The molecule has 3 rings (SSSR count). The van der Waals surface area contributed by atoms with Crippen LogP contribution in [0.1, 0.15) is 0 Å². The topological polar surface area (TPSA) is 12.9 Å². The third-order valence-electron chi connectivity index (χ3n) is 2.61. The van der Waals surface area contributed by atoms with E-state index >= 15 is 0 Å². The summed E-state index contributed by atoms with van der Waals surface area (Å²) in [5, 5.41) is 0. The standard InChI is InChI=1S/C15H9FNS/c16-13-8-6-11(7-9-13)14-10-15(18-17-14)12-4-2-1-3-5-12/h1-9H. The van der Waals surface area contributed by atoms with E-state index in [1.54, 1.807) is 12.1 Å². The van der Waals surface area contributed by atoms with Crippen molar-refractivity contribution in [2.45, 2.75) is 0 Å². The second-order valence-corrected chi connectivity index (χ2v) is 4.63. The zero-order valence-electron chi connectivity index (χ0n) is 9.43. The van der Waals surface area contributed by atoms with Gasteiger partial charge in [0.1, 0.15) is 5.82 Å². The summed E-state index contributed by atoms with van der Waals surface area (Å²) < 4.78 is 17.2. The van der Waals surface area contributed by atoms with Crippen LogP contribution in [0.3, 0.4) is 0 Å². The minimum Gasteiger partial charge on any atom is -0.207 e. The van der Waals surface area contributed by atoms with E-state index in [0.29, 0.717) is 0 Å². The number of nitrogens with zero attached hydrogens (tertiary/aromatic N) is 1. The molecule has 0 bridgehead atoms. The van der Waals surface area contributed by atoms with Crippen molar-refractivity contribution in [2.24, 2.45) is 0 Å². The summed E-state index contributed by atoms with van der Waals surface area (Å²) in [4.78, 5) is 0.995. The summed E-state index contributed by atoms with van der Waals surface area (Å²) in [6, 6.07) is 19.6. The van der Waals surface area contributed by atoms with Gasteiger partial charge in [-0.2, -0.15) is 4.37 Å². The molecule has 0 N–H and O–H groups in total. The number of hydrogen-bond acceptors (Lipinski definition) is 2. The number of halogens is 1. The molecule has 3 aromatic rings. The van der Waals surface area contributed by atoms with Gasteiger partial charge in [0.05, 0.1) is 10.6 Å². The summed E-state index contributed by atoms with van der Waals surface area (Å²) in [5.41, 5.74) is 2.75. The van der Waals surface area contributed by atoms with E-state index in [1.165, 1.54) is 23.7 Å². The van der Waals surface area contributed by atoms with Gasteiger partial charge in [-0.15, -0.1) is 0 Å². The lowest BCUT2D eigenvalue weighted by Gasteiger charge is -1.95. The van der Waals surface area contributed by atoms with Gasteiger partial charge in [0.2, 0.25) is 0 Å². The average Bonchev–Trinajstić information content (AvgIpc) is 2.90. The average molecular weight is 254 g/mol. The van der Waals surface area contributed by atoms with E-state index in [2.05, 4.69) is 10.4 Å². The quantitative estimate of drug-likeness (QED) is 0.659. The second kappa shape index (κ2) is 4.70. The molecule has 2 aromatic carbocycles. The van der Waals surface area contributed by atoms with Crippen LogP contribution in [0.4, 0.5) is 4.39 Å². The van der Waals surface area contributed by atoms with Gasteiger partial charge in [-0.05, 0) is 41.4 Å². The minimum atomic E-state index is -0.239. The van der Waals surface area contributed by atoms with Gasteiger partial charge in [-0.3, -0.25) is 0 Å². The Kier molecular flexibility index (Phi) is 2.90. The van der Waals surface area contributed by atoms with Crippen molar-refractivity contribution in [1.29, 1.82) is 0 Å². The highest BCUT2D eigenvalue weighted by atomic mass is 32.1. The molecule has 1 aromatic heterocycles. The molecule has 0 unspecified atom stereocenters. The first kappa shape index (κ1) is 11.1. The Morgan fingerprint density at radius 1 is 0.889 bits per heavy atom. The van der Waals surface area contributed by atoms with Crippen molar-refractivity contribution in [3.05, 3.63) is 66.5 Å². The second-order valence-electron chi connectivity index (χ2n) is 3.86. The van der Waals surface area contributed by atoms with Crippen molar-refractivity contribution in [2.75, 3.05) is 0 Å². The van der Waals surface area contributed by atoms with Crippen molar-refractivity contribution in [3.63, 3.8) is 0 Å². The van der Waals surface area contributed by atoms with Gasteiger partial charge in [0, 0.05) is 11.6 Å². The summed E-state index contributed by atoms with van der Waals surface area (Å²) in [5.74, 6) is -0.239. The van der Waals surface area contributed by atoms with E-state index in [4.69, 9.17) is 0 Å². The number of rotatable bonds is 2. The highest BCUT2D eigenvalue weighted by Gasteiger charge is 2.06. The maximum Gasteiger partial charge on any atom is 0.123 e. The van der Waals surface area contributed by atoms with Crippen LogP contribution in [0.15, 0.2) is 54.6 Å². The molecular weight excluding hydrogens is 245 g/mol. The Morgan fingerprint density at radius 3 is 2.33 bits per heavy atom. The first-order valence-corrected chi connectivity index (χ1v) is 6.30. The van der Waals surface area contributed by atoms with Crippen LogP contribution in [0.2, 0.25) is 0 Å². The van der Waals surface area contributed by atoms with Crippen LogP contribution < -0.4 is 0 Å². The molecule has 0 fully saturated rings. The molecule has 0 amide bonds. The van der Waals surface area contributed by atoms with E-state index in [1.807, 2.05) is 30.3 Å². The van der Waals surface area contributed by atoms with E-state index in [-0.39, 0.29) is 5.82 Å². The largest absolute Gasteiger partial charge is 0.207 e. The molecule has 0 atom stereocenters. The molecule has 1 nitrogen and oxygen atoms in total. The first-order valence-electron chi connectivity index (χ1n) is 5.53. The fraction of sp³-hybridized carbons (Fsp3) is 0. The number of benzene rings is 2. The van der Waals surface area contributed by atoms with Crippen LogP contribution in [0.25, 0.3) is 21.7 Å². The van der Waals surface area contributed by atoms with Crippen LogP contribution in [0.5, 0.6) is 0 Å². The first-order chi connectivity index (χ1) is 8.83. The summed E-state index contributed by atoms with van der Waals surface area (Å²) >= 11 is 1.40. The molecule has 3 heteroatoms.